The molecule has 1 atom stereocenters. The Balaban J connectivity index is 1.87. The molecule has 1 N–H and O–H groups in total. The average molecular weight is 265 g/mol. The summed E-state index contributed by atoms with van der Waals surface area (Å²) in [5, 5.41) is 7.50. The van der Waals surface area contributed by atoms with E-state index in [9.17, 15) is 0 Å². The van der Waals surface area contributed by atoms with Crippen molar-refractivity contribution in [2.24, 2.45) is 0 Å². The van der Waals surface area contributed by atoms with Gasteiger partial charge in [-0.3, -0.25) is 4.90 Å². The van der Waals surface area contributed by atoms with Crippen molar-refractivity contribution in [3.8, 4) is 0 Å². The summed E-state index contributed by atoms with van der Waals surface area (Å²) in [7, 11) is 0. The largest absolute Gasteiger partial charge is 0.360 e. The zero-order chi connectivity index (χ0) is 13.7. The SMILES string of the molecule is CC(C)NCc1cc(CN2CCCCCC2C)on1. The highest BCUT2D eigenvalue weighted by atomic mass is 16.5. The van der Waals surface area contributed by atoms with Crippen LogP contribution in [0.4, 0.5) is 0 Å². The van der Waals surface area contributed by atoms with Crippen LogP contribution in [-0.4, -0.2) is 28.7 Å². The van der Waals surface area contributed by atoms with E-state index >= 15 is 0 Å². The highest BCUT2D eigenvalue weighted by molar-refractivity contribution is 5.05. The Hall–Kier alpha value is -0.870. The van der Waals surface area contributed by atoms with Crippen molar-refractivity contribution in [1.29, 1.82) is 0 Å². The van der Waals surface area contributed by atoms with Crippen LogP contribution in [0.25, 0.3) is 0 Å². The lowest BCUT2D eigenvalue weighted by atomic mass is 10.1. The summed E-state index contributed by atoms with van der Waals surface area (Å²) in [6.07, 6.45) is 5.33. The van der Waals surface area contributed by atoms with E-state index in [0.29, 0.717) is 12.1 Å². The third-order valence-corrected chi connectivity index (χ3v) is 3.85. The molecule has 1 aromatic rings. The Labute approximate surface area is 116 Å². The quantitative estimate of drug-likeness (QED) is 0.888. The first-order chi connectivity index (χ1) is 9.15. The first-order valence-electron chi connectivity index (χ1n) is 7.57. The molecule has 1 aliphatic heterocycles. The van der Waals surface area contributed by atoms with E-state index in [2.05, 4.69) is 42.2 Å². The van der Waals surface area contributed by atoms with Crippen LogP contribution >= 0.6 is 0 Å². The van der Waals surface area contributed by atoms with Gasteiger partial charge in [-0.2, -0.15) is 0 Å². The number of likely N-dealkylation sites (tertiary alicyclic amines) is 1. The summed E-state index contributed by atoms with van der Waals surface area (Å²) in [5.41, 5.74) is 1.01. The molecule has 0 aromatic carbocycles. The number of rotatable bonds is 5. The van der Waals surface area contributed by atoms with E-state index in [1.54, 1.807) is 0 Å². The van der Waals surface area contributed by atoms with Crippen LogP contribution in [0, 0.1) is 0 Å². The maximum atomic E-state index is 5.46. The van der Waals surface area contributed by atoms with Gasteiger partial charge in [-0.15, -0.1) is 0 Å². The molecule has 0 saturated carbocycles. The first-order valence-corrected chi connectivity index (χ1v) is 7.57. The van der Waals surface area contributed by atoms with E-state index in [-0.39, 0.29) is 0 Å². The van der Waals surface area contributed by atoms with E-state index in [1.165, 1.54) is 32.2 Å². The fraction of sp³-hybridized carbons (Fsp3) is 0.800. The summed E-state index contributed by atoms with van der Waals surface area (Å²) in [6, 6.07) is 3.23. The number of nitrogens with one attached hydrogen (secondary N) is 1. The molecule has 1 aromatic heterocycles. The monoisotopic (exact) mass is 265 g/mol. The zero-order valence-electron chi connectivity index (χ0n) is 12.5. The topological polar surface area (TPSA) is 41.3 Å². The molecule has 1 fully saturated rings. The summed E-state index contributed by atoms with van der Waals surface area (Å²) in [6.45, 7) is 9.47. The minimum Gasteiger partial charge on any atom is -0.360 e. The van der Waals surface area contributed by atoms with Gasteiger partial charge in [-0.05, 0) is 26.3 Å². The van der Waals surface area contributed by atoms with Crippen molar-refractivity contribution in [2.75, 3.05) is 6.54 Å². The molecule has 19 heavy (non-hydrogen) atoms. The summed E-state index contributed by atoms with van der Waals surface area (Å²) in [5.74, 6) is 0.995. The van der Waals surface area contributed by atoms with Crippen LogP contribution in [0.5, 0.6) is 0 Å². The Kier molecular flexibility index (Phi) is 5.40. The zero-order valence-corrected chi connectivity index (χ0v) is 12.5. The molecule has 2 rings (SSSR count). The molecule has 0 spiro atoms. The lowest BCUT2D eigenvalue weighted by molar-refractivity contribution is 0.182. The van der Waals surface area contributed by atoms with Crippen molar-refractivity contribution in [3.05, 3.63) is 17.5 Å². The Morgan fingerprint density at radius 2 is 2.26 bits per heavy atom. The van der Waals surface area contributed by atoms with Crippen LogP contribution in [0.1, 0.15) is 57.9 Å². The molecular formula is C15H27N3O. The van der Waals surface area contributed by atoms with Crippen LogP contribution in [0.3, 0.4) is 0 Å². The predicted octanol–water partition coefficient (Wildman–Crippen LogP) is 2.94. The van der Waals surface area contributed by atoms with Crippen molar-refractivity contribution >= 4 is 0 Å². The smallest absolute Gasteiger partial charge is 0.151 e. The van der Waals surface area contributed by atoms with Gasteiger partial charge in [0.15, 0.2) is 5.76 Å². The van der Waals surface area contributed by atoms with Gasteiger partial charge in [0.05, 0.1) is 12.2 Å². The van der Waals surface area contributed by atoms with Gasteiger partial charge in [-0.1, -0.05) is 31.8 Å². The molecule has 2 heterocycles. The lowest BCUT2D eigenvalue weighted by Gasteiger charge is -2.25. The molecule has 0 radical (unpaired) electrons. The molecule has 1 saturated heterocycles. The first kappa shape index (κ1) is 14.5. The van der Waals surface area contributed by atoms with Gasteiger partial charge in [0, 0.05) is 24.7 Å². The summed E-state index contributed by atoms with van der Waals surface area (Å²) in [4.78, 5) is 2.52. The molecule has 1 aliphatic rings. The average Bonchev–Trinajstić information content (AvgIpc) is 2.72. The number of hydrogen-bond acceptors (Lipinski definition) is 4. The minimum atomic E-state index is 0.478. The molecule has 0 aliphatic carbocycles. The highest BCUT2D eigenvalue weighted by Gasteiger charge is 2.18. The number of nitrogens with zero attached hydrogens (tertiary/aromatic N) is 2. The maximum absolute atomic E-state index is 5.46. The highest BCUT2D eigenvalue weighted by Crippen LogP contribution is 2.19. The van der Waals surface area contributed by atoms with Crippen molar-refractivity contribution in [3.63, 3.8) is 0 Å². The second-order valence-corrected chi connectivity index (χ2v) is 5.99. The van der Waals surface area contributed by atoms with Gasteiger partial charge in [0.2, 0.25) is 0 Å². The Morgan fingerprint density at radius 3 is 3.05 bits per heavy atom. The maximum Gasteiger partial charge on any atom is 0.151 e. The van der Waals surface area contributed by atoms with Crippen molar-refractivity contribution < 1.29 is 4.52 Å². The normalized spacial score (nSPS) is 21.8. The second kappa shape index (κ2) is 7.06. The standard InChI is InChI=1S/C15H27N3O/c1-12(2)16-10-14-9-15(19-17-14)11-18-8-6-4-5-7-13(18)3/h9,12-13,16H,4-8,10-11H2,1-3H3. The minimum absolute atomic E-state index is 0.478. The van der Waals surface area contributed by atoms with Crippen LogP contribution in [0.15, 0.2) is 10.6 Å². The van der Waals surface area contributed by atoms with Gasteiger partial charge >= 0.3 is 0 Å². The van der Waals surface area contributed by atoms with E-state index in [4.69, 9.17) is 4.52 Å². The number of aromatic nitrogens is 1. The van der Waals surface area contributed by atoms with Crippen LogP contribution in [-0.2, 0) is 13.1 Å². The van der Waals surface area contributed by atoms with E-state index < -0.39 is 0 Å². The second-order valence-electron chi connectivity index (χ2n) is 5.99. The van der Waals surface area contributed by atoms with Crippen LogP contribution < -0.4 is 5.32 Å². The van der Waals surface area contributed by atoms with Crippen molar-refractivity contribution in [1.82, 2.24) is 15.4 Å². The molecule has 0 bridgehead atoms. The molecular weight excluding hydrogens is 238 g/mol. The van der Waals surface area contributed by atoms with Crippen molar-refractivity contribution in [2.45, 2.75) is 71.6 Å². The van der Waals surface area contributed by atoms with Gasteiger partial charge in [-0.25, -0.2) is 0 Å². The van der Waals surface area contributed by atoms with Gasteiger partial charge in [0.1, 0.15) is 0 Å². The summed E-state index contributed by atoms with van der Waals surface area (Å²) >= 11 is 0. The third kappa shape index (κ3) is 4.62. The van der Waals surface area contributed by atoms with Gasteiger partial charge < -0.3 is 9.84 Å². The third-order valence-electron chi connectivity index (χ3n) is 3.85. The van der Waals surface area contributed by atoms with E-state index in [1.807, 2.05) is 0 Å². The summed E-state index contributed by atoms with van der Waals surface area (Å²) < 4.78 is 5.46. The van der Waals surface area contributed by atoms with Crippen LogP contribution in [0.2, 0.25) is 0 Å². The predicted molar refractivity (Wildman–Crippen MR) is 76.8 cm³/mol. The fourth-order valence-corrected chi connectivity index (χ4v) is 2.59. The molecule has 4 nitrogen and oxygen atoms in total. The molecule has 1 unspecified atom stereocenters. The Morgan fingerprint density at radius 1 is 1.42 bits per heavy atom. The lowest BCUT2D eigenvalue weighted by Crippen LogP contribution is -2.31. The Bertz CT molecular complexity index is 375. The molecule has 108 valence electrons. The van der Waals surface area contributed by atoms with Gasteiger partial charge in [0.25, 0.3) is 0 Å². The number of hydrogen-bond donors (Lipinski definition) is 1. The molecule has 4 heteroatoms. The van der Waals surface area contributed by atoms with E-state index in [0.717, 1.165) is 24.5 Å². The molecule has 0 amide bonds. The fourth-order valence-electron chi connectivity index (χ4n) is 2.59.